The van der Waals surface area contributed by atoms with Gasteiger partial charge in [-0.1, -0.05) is 86.6 Å². The van der Waals surface area contributed by atoms with E-state index in [1.807, 2.05) is 6.55 Å². The molecule has 0 bridgehead atoms. The van der Waals surface area contributed by atoms with Crippen molar-refractivity contribution in [1.82, 2.24) is 0 Å². The Kier molecular flexibility index (Phi) is 15.2. The monoisotopic (exact) mass is 388 g/mol. The summed E-state index contributed by atoms with van der Waals surface area (Å²) >= 11 is 15.6. The quantitative estimate of drug-likeness (QED) is 0.124. The van der Waals surface area contributed by atoms with Gasteiger partial charge in [0.15, 0.2) is 0 Å². The van der Waals surface area contributed by atoms with Gasteiger partial charge < -0.3 is 0 Å². The fourth-order valence-electron chi connectivity index (χ4n) is 2.30. The molecule has 116 valence electrons. The molecule has 0 unspecified atom stereocenters. The Morgan fingerprint density at radius 2 is 0.947 bits per heavy atom. The number of hydrogen-bond acceptors (Lipinski definition) is 0. The Labute approximate surface area is 139 Å². The van der Waals surface area contributed by atoms with Gasteiger partial charge in [-0.3, -0.25) is 0 Å². The van der Waals surface area contributed by atoms with Crippen molar-refractivity contribution in [3.63, 3.8) is 0 Å². The van der Waals surface area contributed by atoms with Crippen LogP contribution in [0.5, 0.6) is 0 Å². The molecule has 0 atom stereocenters. The third-order valence-electron chi connectivity index (χ3n) is 3.50. The van der Waals surface area contributed by atoms with Crippen LogP contribution in [-0.4, -0.2) is 12.0 Å². The zero-order valence-corrected chi connectivity index (χ0v) is 16.6. The first-order valence-electron chi connectivity index (χ1n) is 8.00. The Hall–Kier alpha value is 1.28. The van der Waals surface area contributed by atoms with Crippen LogP contribution in [0.25, 0.3) is 0 Å². The summed E-state index contributed by atoms with van der Waals surface area (Å²) in [6, 6.07) is 1.06. The van der Waals surface area contributed by atoms with Crippen LogP contribution in [0.4, 0.5) is 0 Å². The standard InChI is InChI=1S/C15H31BrCl2Si/c1-19(17,18)15-13-11-9-7-5-3-2-4-6-8-10-12-14-16/h2-15H2,1H3. The summed E-state index contributed by atoms with van der Waals surface area (Å²) in [5, 5.41) is 1.17. The average molecular weight is 390 g/mol. The second-order valence-electron chi connectivity index (χ2n) is 5.75. The van der Waals surface area contributed by atoms with Gasteiger partial charge >= 0.3 is 0 Å². The summed E-state index contributed by atoms with van der Waals surface area (Å²) < 4.78 is 0. The molecule has 0 saturated carbocycles. The molecule has 0 fully saturated rings. The van der Waals surface area contributed by atoms with Crippen molar-refractivity contribution >= 4 is 44.8 Å². The first-order valence-corrected chi connectivity index (χ1v) is 13.9. The van der Waals surface area contributed by atoms with E-state index in [9.17, 15) is 0 Å². The van der Waals surface area contributed by atoms with Gasteiger partial charge in [-0.05, 0) is 19.0 Å². The molecule has 0 aliphatic heterocycles. The summed E-state index contributed by atoms with van der Waals surface area (Å²) in [5.74, 6) is 0. The number of rotatable bonds is 14. The predicted octanol–water partition coefficient (Wildman–Crippen LogP) is 7.61. The summed E-state index contributed by atoms with van der Waals surface area (Å²) in [6.07, 6.45) is 16.6. The molecule has 0 nitrogen and oxygen atoms in total. The highest BCUT2D eigenvalue weighted by Gasteiger charge is 2.19. The van der Waals surface area contributed by atoms with E-state index in [4.69, 9.17) is 22.2 Å². The van der Waals surface area contributed by atoms with Crippen LogP contribution in [0, 0.1) is 0 Å². The van der Waals surface area contributed by atoms with Crippen LogP contribution in [0.3, 0.4) is 0 Å². The lowest BCUT2D eigenvalue weighted by Crippen LogP contribution is -2.11. The van der Waals surface area contributed by atoms with E-state index in [-0.39, 0.29) is 0 Å². The van der Waals surface area contributed by atoms with Gasteiger partial charge in [0, 0.05) is 5.33 Å². The summed E-state index contributed by atoms with van der Waals surface area (Å²) in [7, 11) is 0. The number of unbranched alkanes of at least 4 members (excludes halogenated alkanes) is 11. The van der Waals surface area contributed by atoms with Gasteiger partial charge in [-0.2, -0.15) is 0 Å². The maximum Gasteiger partial charge on any atom is 0.248 e. The van der Waals surface area contributed by atoms with Crippen LogP contribution in [0.1, 0.15) is 77.0 Å². The van der Waals surface area contributed by atoms with Gasteiger partial charge in [0.25, 0.3) is 0 Å². The molecule has 0 aliphatic carbocycles. The largest absolute Gasteiger partial charge is 0.248 e. The van der Waals surface area contributed by atoms with Gasteiger partial charge in [0.05, 0.1) is 0 Å². The predicted molar refractivity (Wildman–Crippen MR) is 97.3 cm³/mol. The number of hydrogen-bond donors (Lipinski definition) is 0. The zero-order chi connectivity index (χ0) is 14.4. The molecule has 0 rings (SSSR count). The van der Waals surface area contributed by atoms with Crippen molar-refractivity contribution in [3.05, 3.63) is 0 Å². The van der Waals surface area contributed by atoms with E-state index in [2.05, 4.69) is 15.9 Å². The molecule has 0 heterocycles. The molecule has 4 heteroatoms. The molecule has 0 aliphatic rings. The summed E-state index contributed by atoms with van der Waals surface area (Å²) in [5.41, 5.74) is 0. The third kappa shape index (κ3) is 19.3. The topological polar surface area (TPSA) is 0 Å². The first-order chi connectivity index (χ1) is 9.06. The SMILES string of the molecule is C[Si](Cl)(Cl)CCCCCCCCCCCCCCBr. The lowest BCUT2D eigenvalue weighted by Gasteiger charge is -2.09. The molecule has 0 aromatic heterocycles. The fraction of sp³-hybridized carbons (Fsp3) is 1.00. The number of halogens is 3. The van der Waals surface area contributed by atoms with Crippen LogP contribution >= 0.6 is 38.1 Å². The lowest BCUT2D eigenvalue weighted by atomic mass is 10.1. The van der Waals surface area contributed by atoms with Crippen molar-refractivity contribution in [2.45, 2.75) is 89.6 Å². The first kappa shape index (κ1) is 20.3. The normalized spacial score (nSPS) is 12.0. The van der Waals surface area contributed by atoms with Crippen molar-refractivity contribution in [3.8, 4) is 0 Å². The number of alkyl halides is 1. The van der Waals surface area contributed by atoms with E-state index in [1.165, 1.54) is 82.4 Å². The second-order valence-corrected chi connectivity index (χ2v) is 14.8. The van der Waals surface area contributed by atoms with Gasteiger partial charge in [0.1, 0.15) is 0 Å². The van der Waals surface area contributed by atoms with Crippen molar-refractivity contribution < 1.29 is 0 Å². The van der Waals surface area contributed by atoms with E-state index in [0.29, 0.717) is 0 Å². The molecule has 0 radical (unpaired) electrons. The molecule has 0 saturated heterocycles. The van der Waals surface area contributed by atoms with Crippen LogP contribution in [0.2, 0.25) is 12.6 Å². The molecule has 0 aromatic carbocycles. The lowest BCUT2D eigenvalue weighted by molar-refractivity contribution is 0.548. The van der Waals surface area contributed by atoms with E-state index >= 15 is 0 Å². The van der Waals surface area contributed by atoms with Gasteiger partial charge in [0.2, 0.25) is 6.69 Å². The maximum atomic E-state index is 6.08. The van der Waals surface area contributed by atoms with E-state index < -0.39 is 6.69 Å². The second kappa shape index (κ2) is 14.2. The van der Waals surface area contributed by atoms with Gasteiger partial charge in [-0.15, -0.1) is 22.2 Å². The minimum atomic E-state index is -1.82. The van der Waals surface area contributed by atoms with Crippen molar-refractivity contribution in [2.75, 3.05) is 5.33 Å². The Morgan fingerprint density at radius 3 is 1.26 bits per heavy atom. The highest BCUT2D eigenvalue weighted by Crippen LogP contribution is 2.23. The Morgan fingerprint density at radius 1 is 0.632 bits per heavy atom. The Balaban J connectivity index is 2.99. The molecule has 0 N–H and O–H groups in total. The molecule has 0 spiro atoms. The molecule has 0 amide bonds. The van der Waals surface area contributed by atoms with Crippen LogP contribution < -0.4 is 0 Å². The Bertz CT molecular complexity index is 183. The highest BCUT2D eigenvalue weighted by atomic mass is 79.9. The summed E-state index contributed by atoms with van der Waals surface area (Å²) in [6.45, 7) is 0.206. The minimum absolute atomic E-state index is 1.06. The molecule has 19 heavy (non-hydrogen) atoms. The van der Waals surface area contributed by atoms with Gasteiger partial charge in [-0.25, -0.2) is 0 Å². The van der Waals surface area contributed by atoms with E-state index in [1.54, 1.807) is 0 Å². The average Bonchev–Trinajstić information content (AvgIpc) is 2.34. The van der Waals surface area contributed by atoms with E-state index in [0.717, 1.165) is 6.04 Å². The fourth-order valence-corrected chi connectivity index (χ4v) is 4.37. The zero-order valence-electron chi connectivity index (χ0n) is 12.5. The third-order valence-corrected chi connectivity index (χ3v) is 6.43. The maximum absolute atomic E-state index is 6.08. The molecular formula is C15H31BrCl2Si. The van der Waals surface area contributed by atoms with Crippen molar-refractivity contribution in [2.24, 2.45) is 0 Å². The van der Waals surface area contributed by atoms with Crippen LogP contribution in [0.15, 0.2) is 0 Å². The minimum Gasteiger partial charge on any atom is -0.146 e. The molecular weight excluding hydrogens is 359 g/mol. The highest BCUT2D eigenvalue weighted by molar-refractivity contribution is 9.09. The van der Waals surface area contributed by atoms with Crippen LogP contribution in [-0.2, 0) is 0 Å². The summed E-state index contributed by atoms with van der Waals surface area (Å²) in [4.78, 5) is 0. The smallest absolute Gasteiger partial charge is 0.146 e. The molecule has 0 aromatic rings. The van der Waals surface area contributed by atoms with Crippen molar-refractivity contribution in [1.29, 1.82) is 0 Å².